The Morgan fingerprint density at radius 2 is 1.86 bits per heavy atom. The molecular weight excluding hydrogens is 286 g/mol. The van der Waals surface area contributed by atoms with E-state index in [0.29, 0.717) is 6.42 Å². The third-order valence-electron chi connectivity index (χ3n) is 3.62. The molecule has 2 unspecified atom stereocenters. The molecule has 0 spiro atoms. The van der Waals surface area contributed by atoms with Crippen LogP contribution in [-0.2, 0) is 14.6 Å². The lowest BCUT2D eigenvalue weighted by atomic mass is 9.98. The molecule has 1 rings (SSSR count). The summed E-state index contributed by atoms with van der Waals surface area (Å²) in [5.74, 6) is 0.460. The molecule has 0 fully saturated rings. The van der Waals surface area contributed by atoms with Crippen LogP contribution in [-0.4, -0.2) is 39.6 Å². The fourth-order valence-electron chi connectivity index (χ4n) is 2.47. The summed E-state index contributed by atoms with van der Waals surface area (Å²) in [6.07, 6.45) is 1.37. The molecule has 0 aromatic heterocycles. The average Bonchev–Trinajstić information content (AvgIpc) is 2.49. The van der Waals surface area contributed by atoms with Crippen molar-refractivity contribution in [2.45, 2.75) is 38.8 Å². The van der Waals surface area contributed by atoms with Crippen LogP contribution in [0.15, 0.2) is 30.3 Å². The van der Waals surface area contributed by atoms with Crippen molar-refractivity contribution < 1.29 is 13.2 Å². The maximum absolute atomic E-state index is 11.6. The zero-order valence-electron chi connectivity index (χ0n) is 13.2. The van der Waals surface area contributed by atoms with Crippen LogP contribution in [0.2, 0.25) is 0 Å². The van der Waals surface area contributed by atoms with Gasteiger partial charge in [0, 0.05) is 18.9 Å². The maximum Gasteiger partial charge on any atom is 0.150 e. The van der Waals surface area contributed by atoms with Gasteiger partial charge in [-0.2, -0.15) is 0 Å². The van der Waals surface area contributed by atoms with Crippen molar-refractivity contribution >= 4 is 9.84 Å². The minimum Gasteiger partial charge on any atom is -0.375 e. The van der Waals surface area contributed by atoms with Gasteiger partial charge in [-0.1, -0.05) is 44.2 Å². The Hall–Kier alpha value is -0.910. The van der Waals surface area contributed by atoms with E-state index in [1.807, 2.05) is 37.3 Å². The van der Waals surface area contributed by atoms with E-state index in [0.717, 1.165) is 18.5 Å². The Bertz CT molecular complexity index is 488. The lowest BCUT2D eigenvalue weighted by molar-refractivity contribution is 0.0652. The minimum atomic E-state index is -2.90. The molecule has 5 heteroatoms. The van der Waals surface area contributed by atoms with E-state index in [9.17, 15) is 8.42 Å². The van der Waals surface area contributed by atoms with Gasteiger partial charge in [0.25, 0.3) is 0 Å². The predicted octanol–water partition coefficient (Wildman–Crippen LogP) is 2.57. The van der Waals surface area contributed by atoms with Crippen molar-refractivity contribution in [1.29, 1.82) is 0 Å². The van der Waals surface area contributed by atoms with Crippen LogP contribution in [0, 0.1) is 0 Å². The first kappa shape index (κ1) is 18.1. The molecule has 0 aliphatic heterocycles. The van der Waals surface area contributed by atoms with Gasteiger partial charge in [-0.3, -0.25) is 0 Å². The molecule has 0 aliphatic rings. The Morgan fingerprint density at radius 3 is 2.38 bits per heavy atom. The zero-order chi connectivity index (χ0) is 15.7. The van der Waals surface area contributed by atoms with Gasteiger partial charge < -0.3 is 10.1 Å². The van der Waals surface area contributed by atoms with Gasteiger partial charge >= 0.3 is 0 Å². The van der Waals surface area contributed by atoms with E-state index in [1.54, 1.807) is 14.0 Å². The number of ether oxygens (including phenoxy) is 1. The number of methoxy groups -OCH3 is 1. The molecule has 21 heavy (non-hydrogen) atoms. The number of nitrogens with one attached hydrogen (secondary N) is 1. The van der Waals surface area contributed by atoms with Gasteiger partial charge in [-0.05, 0) is 24.9 Å². The normalized spacial score (nSPS) is 14.8. The monoisotopic (exact) mass is 313 g/mol. The Labute approximate surface area is 128 Å². The van der Waals surface area contributed by atoms with Crippen molar-refractivity contribution in [2.24, 2.45) is 0 Å². The molecule has 1 N–H and O–H groups in total. The maximum atomic E-state index is 11.6. The van der Waals surface area contributed by atoms with E-state index < -0.39 is 9.84 Å². The summed E-state index contributed by atoms with van der Waals surface area (Å²) >= 11 is 0. The first-order chi connectivity index (χ1) is 10.0. The van der Waals surface area contributed by atoms with Gasteiger partial charge in [-0.15, -0.1) is 0 Å². The molecule has 0 bridgehead atoms. The second-order valence-electron chi connectivity index (χ2n) is 5.11. The third kappa shape index (κ3) is 6.16. The van der Waals surface area contributed by atoms with E-state index in [1.165, 1.54) is 0 Å². The van der Waals surface area contributed by atoms with E-state index >= 15 is 0 Å². The number of likely N-dealkylation sites (N-methyl/N-ethyl adjacent to an activating group) is 1. The Balaban J connectivity index is 2.70. The van der Waals surface area contributed by atoms with Crippen LogP contribution in [0.1, 0.15) is 38.4 Å². The fraction of sp³-hybridized carbons (Fsp3) is 0.625. The second-order valence-corrected chi connectivity index (χ2v) is 7.58. The molecule has 0 aliphatic carbocycles. The number of rotatable bonds is 10. The van der Waals surface area contributed by atoms with Crippen molar-refractivity contribution in [1.82, 2.24) is 5.32 Å². The first-order valence-corrected chi connectivity index (χ1v) is 9.37. The number of hydrogen-bond acceptors (Lipinski definition) is 4. The summed E-state index contributed by atoms with van der Waals surface area (Å²) < 4.78 is 28.8. The zero-order valence-corrected chi connectivity index (χ0v) is 14.0. The van der Waals surface area contributed by atoms with E-state index in [2.05, 4.69) is 5.32 Å². The molecule has 0 saturated carbocycles. The highest BCUT2D eigenvalue weighted by atomic mass is 32.2. The Kier molecular flexibility index (Phi) is 7.93. The molecule has 1 aromatic carbocycles. The highest BCUT2D eigenvalue weighted by molar-refractivity contribution is 7.91. The van der Waals surface area contributed by atoms with Gasteiger partial charge in [0.15, 0.2) is 0 Å². The first-order valence-electron chi connectivity index (χ1n) is 7.55. The van der Waals surface area contributed by atoms with Crippen LogP contribution >= 0.6 is 0 Å². The predicted molar refractivity (Wildman–Crippen MR) is 87.2 cm³/mol. The quantitative estimate of drug-likeness (QED) is 0.721. The smallest absolute Gasteiger partial charge is 0.150 e. The van der Waals surface area contributed by atoms with Crippen molar-refractivity contribution in [3.8, 4) is 0 Å². The summed E-state index contributed by atoms with van der Waals surface area (Å²) in [7, 11) is -1.20. The van der Waals surface area contributed by atoms with Gasteiger partial charge in [0.1, 0.15) is 9.84 Å². The minimum absolute atomic E-state index is 0.0597. The molecule has 4 nitrogen and oxygen atoms in total. The molecular formula is C16H27NO3S. The highest BCUT2D eigenvalue weighted by Crippen LogP contribution is 2.23. The molecule has 0 heterocycles. The van der Waals surface area contributed by atoms with Crippen molar-refractivity contribution in [3.63, 3.8) is 0 Å². The molecule has 0 amide bonds. The van der Waals surface area contributed by atoms with Crippen LogP contribution in [0.25, 0.3) is 0 Å². The van der Waals surface area contributed by atoms with E-state index in [-0.39, 0.29) is 23.7 Å². The average molecular weight is 313 g/mol. The van der Waals surface area contributed by atoms with Crippen molar-refractivity contribution in [2.75, 3.05) is 25.2 Å². The summed E-state index contributed by atoms with van der Waals surface area (Å²) in [6, 6.07) is 10.2. The molecule has 2 atom stereocenters. The van der Waals surface area contributed by atoms with E-state index in [4.69, 9.17) is 4.74 Å². The number of hydrogen-bond donors (Lipinski definition) is 1. The number of sulfone groups is 1. The topological polar surface area (TPSA) is 55.4 Å². The van der Waals surface area contributed by atoms with Gasteiger partial charge in [0.2, 0.25) is 0 Å². The lowest BCUT2D eigenvalue weighted by Gasteiger charge is -2.27. The molecule has 1 aromatic rings. The summed E-state index contributed by atoms with van der Waals surface area (Å²) in [5.41, 5.74) is 1.12. The van der Waals surface area contributed by atoms with Gasteiger partial charge in [-0.25, -0.2) is 8.42 Å². The fourth-order valence-corrected chi connectivity index (χ4v) is 3.36. The SMILES string of the molecule is CCNC(CCCS(=O)(=O)CC)C(OC)c1ccccc1. The van der Waals surface area contributed by atoms with Crippen molar-refractivity contribution in [3.05, 3.63) is 35.9 Å². The van der Waals surface area contributed by atoms with Crippen LogP contribution in [0.4, 0.5) is 0 Å². The summed E-state index contributed by atoms with van der Waals surface area (Å²) in [5, 5.41) is 3.42. The Morgan fingerprint density at radius 1 is 1.19 bits per heavy atom. The third-order valence-corrected chi connectivity index (χ3v) is 5.41. The molecule has 0 saturated heterocycles. The number of benzene rings is 1. The lowest BCUT2D eigenvalue weighted by Crippen LogP contribution is -2.36. The summed E-state index contributed by atoms with van der Waals surface area (Å²) in [6.45, 7) is 4.57. The van der Waals surface area contributed by atoms with Crippen LogP contribution < -0.4 is 5.32 Å². The standard InChI is InChI=1S/C16H27NO3S/c1-4-17-15(12-9-13-21(18,19)5-2)16(20-3)14-10-7-6-8-11-14/h6-8,10-11,15-17H,4-5,9,12-13H2,1-3H3. The molecule has 0 radical (unpaired) electrons. The molecule has 120 valence electrons. The summed E-state index contributed by atoms with van der Waals surface area (Å²) in [4.78, 5) is 0. The van der Waals surface area contributed by atoms with Crippen LogP contribution in [0.5, 0.6) is 0 Å². The largest absolute Gasteiger partial charge is 0.375 e. The van der Waals surface area contributed by atoms with Gasteiger partial charge in [0.05, 0.1) is 11.9 Å². The van der Waals surface area contributed by atoms with Crippen LogP contribution in [0.3, 0.4) is 0 Å². The second kappa shape index (κ2) is 9.18. The highest BCUT2D eigenvalue weighted by Gasteiger charge is 2.22.